The summed E-state index contributed by atoms with van der Waals surface area (Å²) in [6, 6.07) is 0.0389. The minimum atomic E-state index is 0.00794. The molecule has 3 rings (SSSR count). The molecule has 0 radical (unpaired) electrons. The van der Waals surface area contributed by atoms with Gasteiger partial charge in [-0.1, -0.05) is 6.92 Å². The summed E-state index contributed by atoms with van der Waals surface area (Å²) in [5.41, 5.74) is 2.26. The van der Waals surface area contributed by atoms with E-state index in [0.29, 0.717) is 5.92 Å². The topological polar surface area (TPSA) is 63.1 Å². The highest BCUT2D eigenvalue weighted by Crippen LogP contribution is 2.24. The van der Waals surface area contributed by atoms with Gasteiger partial charge in [0.15, 0.2) is 0 Å². The highest BCUT2D eigenvalue weighted by atomic mass is 32.1. The van der Waals surface area contributed by atoms with Crippen LogP contribution in [0.2, 0.25) is 0 Å². The summed E-state index contributed by atoms with van der Waals surface area (Å²) in [7, 11) is 1.93. The van der Waals surface area contributed by atoms with Gasteiger partial charge in [-0.15, -0.1) is 11.3 Å². The molecule has 2 aromatic rings. The number of carbonyl (C=O) groups excluding carboxylic acids is 1. The fraction of sp³-hybridized carbons (Fsp3) is 0.588. The second-order valence-electron chi connectivity index (χ2n) is 6.56. The van der Waals surface area contributed by atoms with Crippen molar-refractivity contribution < 1.29 is 4.79 Å². The number of carbonyl (C=O) groups is 1. The van der Waals surface area contributed by atoms with Gasteiger partial charge in [0.25, 0.3) is 0 Å². The molecule has 1 saturated heterocycles. The predicted octanol–water partition coefficient (Wildman–Crippen LogP) is 2.91. The normalized spacial score (nSPS) is 18.8. The lowest BCUT2D eigenvalue weighted by Gasteiger charge is -2.21. The molecule has 2 amide bonds. The van der Waals surface area contributed by atoms with E-state index in [0.717, 1.165) is 43.1 Å². The molecule has 0 aliphatic carbocycles. The summed E-state index contributed by atoms with van der Waals surface area (Å²) in [6.07, 6.45) is 6.86. The maximum Gasteiger partial charge on any atom is 0.317 e. The molecule has 2 aromatic heterocycles. The summed E-state index contributed by atoms with van der Waals surface area (Å²) in [6.45, 7) is 5.70. The molecule has 2 atom stereocenters. The molecule has 0 bridgehead atoms. The van der Waals surface area contributed by atoms with Crippen molar-refractivity contribution in [3.05, 3.63) is 34.0 Å². The fourth-order valence-corrected chi connectivity index (χ4v) is 4.14. The first-order chi connectivity index (χ1) is 11.5. The first-order valence-electron chi connectivity index (χ1n) is 8.50. The van der Waals surface area contributed by atoms with Gasteiger partial charge in [0, 0.05) is 37.4 Å². The first-order valence-corrected chi connectivity index (χ1v) is 9.38. The van der Waals surface area contributed by atoms with Crippen LogP contribution in [0.4, 0.5) is 4.79 Å². The molecule has 0 unspecified atom stereocenters. The number of hydrogen-bond acceptors (Lipinski definition) is 4. The molecule has 6 nitrogen and oxygen atoms in total. The van der Waals surface area contributed by atoms with Gasteiger partial charge in [-0.2, -0.15) is 5.10 Å². The van der Waals surface area contributed by atoms with E-state index in [9.17, 15) is 4.79 Å². The van der Waals surface area contributed by atoms with Gasteiger partial charge in [-0.05, 0) is 37.7 Å². The number of thiazole rings is 1. The highest BCUT2D eigenvalue weighted by molar-refractivity contribution is 7.09. The summed E-state index contributed by atoms with van der Waals surface area (Å²) in [5, 5.41) is 10.4. The van der Waals surface area contributed by atoms with Crippen LogP contribution in [0.3, 0.4) is 0 Å². The number of hydrogen-bond donors (Lipinski definition) is 1. The quantitative estimate of drug-likeness (QED) is 0.904. The highest BCUT2D eigenvalue weighted by Gasteiger charge is 2.28. The Labute approximate surface area is 146 Å². The van der Waals surface area contributed by atoms with E-state index >= 15 is 0 Å². The van der Waals surface area contributed by atoms with Crippen molar-refractivity contribution in [2.45, 2.75) is 39.2 Å². The van der Waals surface area contributed by atoms with Crippen molar-refractivity contribution in [3.8, 4) is 0 Å². The zero-order valence-corrected chi connectivity index (χ0v) is 15.3. The molecular weight excluding hydrogens is 322 g/mol. The molecule has 1 aliphatic rings. The minimum Gasteiger partial charge on any atom is -0.329 e. The van der Waals surface area contributed by atoms with Crippen molar-refractivity contribution in [1.82, 2.24) is 25.0 Å². The lowest BCUT2D eigenvalue weighted by molar-refractivity contribution is 0.202. The Morgan fingerprint density at radius 2 is 2.38 bits per heavy atom. The van der Waals surface area contributed by atoms with Crippen LogP contribution >= 0.6 is 11.3 Å². The van der Waals surface area contributed by atoms with Gasteiger partial charge in [0.1, 0.15) is 5.01 Å². The molecule has 7 heteroatoms. The molecule has 0 saturated carbocycles. The Bertz CT molecular complexity index is 695. The largest absolute Gasteiger partial charge is 0.329 e. The van der Waals surface area contributed by atoms with Crippen molar-refractivity contribution >= 4 is 17.4 Å². The fourth-order valence-electron chi connectivity index (χ4n) is 3.21. The van der Waals surface area contributed by atoms with E-state index in [2.05, 4.69) is 28.5 Å². The Morgan fingerprint density at radius 3 is 3.00 bits per heavy atom. The average Bonchev–Trinajstić information content (AvgIpc) is 3.27. The maximum absolute atomic E-state index is 12.6. The van der Waals surface area contributed by atoms with E-state index in [1.165, 1.54) is 5.56 Å². The zero-order chi connectivity index (χ0) is 17.1. The van der Waals surface area contributed by atoms with Crippen LogP contribution in [0.25, 0.3) is 0 Å². The van der Waals surface area contributed by atoms with Crippen molar-refractivity contribution in [2.24, 2.45) is 13.0 Å². The summed E-state index contributed by atoms with van der Waals surface area (Å²) < 4.78 is 1.83. The van der Waals surface area contributed by atoms with Crippen LogP contribution < -0.4 is 5.32 Å². The second-order valence-corrected chi connectivity index (χ2v) is 7.45. The number of nitrogens with one attached hydrogen (secondary N) is 1. The summed E-state index contributed by atoms with van der Waals surface area (Å²) in [5.74, 6) is 0.516. The van der Waals surface area contributed by atoms with Crippen LogP contribution in [-0.2, 0) is 13.5 Å². The van der Waals surface area contributed by atoms with E-state index in [4.69, 9.17) is 0 Å². The van der Waals surface area contributed by atoms with Gasteiger partial charge in [-0.25, -0.2) is 9.78 Å². The Morgan fingerprint density at radius 1 is 1.54 bits per heavy atom. The van der Waals surface area contributed by atoms with E-state index in [1.807, 2.05) is 35.1 Å². The first kappa shape index (κ1) is 17.0. The number of amides is 2. The minimum absolute atomic E-state index is 0.00794. The molecule has 130 valence electrons. The Kier molecular flexibility index (Phi) is 5.18. The van der Waals surface area contributed by atoms with Gasteiger partial charge >= 0.3 is 6.03 Å². The third kappa shape index (κ3) is 3.95. The van der Waals surface area contributed by atoms with E-state index < -0.39 is 0 Å². The third-order valence-electron chi connectivity index (χ3n) is 4.50. The maximum atomic E-state index is 12.6. The molecule has 24 heavy (non-hydrogen) atoms. The smallest absolute Gasteiger partial charge is 0.317 e. The molecule has 1 N–H and O–H groups in total. The number of aromatic nitrogens is 3. The molecule has 1 aliphatic heterocycles. The number of likely N-dealkylation sites (tertiary alicyclic amines) is 1. The number of rotatable bonds is 5. The Balaban J connectivity index is 1.54. The van der Waals surface area contributed by atoms with Crippen LogP contribution in [0.15, 0.2) is 17.8 Å². The lowest BCUT2D eigenvalue weighted by Crippen LogP contribution is -2.40. The summed E-state index contributed by atoms with van der Waals surface area (Å²) >= 11 is 1.62. The average molecular weight is 347 g/mol. The molecule has 0 aromatic carbocycles. The van der Waals surface area contributed by atoms with Crippen molar-refractivity contribution in [1.29, 1.82) is 0 Å². The third-order valence-corrected chi connectivity index (χ3v) is 5.57. The van der Waals surface area contributed by atoms with Crippen LogP contribution in [-0.4, -0.2) is 38.8 Å². The zero-order valence-electron chi connectivity index (χ0n) is 14.5. The van der Waals surface area contributed by atoms with Crippen LogP contribution in [0.1, 0.15) is 42.1 Å². The Hall–Kier alpha value is -1.89. The van der Waals surface area contributed by atoms with Crippen molar-refractivity contribution in [3.63, 3.8) is 0 Å². The molecule has 0 spiro atoms. The summed E-state index contributed by atoms with van der Waals surface area (Å²) in [4.78, 5) is 19.0. The van der Waals surface area contributed by atoms with E-state index in [-0.39, 0.29) is 12.1 Å². The monoisotopic (exact) mass is 347 g/mol. The van der Waals surface area contributed by atoms with Gasteiger partial charge in [-0.3, -0.25) is 4.68 Å². The van der Waals surface area contributed by atoms with Gasteiger partial charge in [0.2, 0.25) is 0 Å². The number of urea groups is 1. The predicted molar refractivity (Wildman–Crippen MR) is 95.0 cm³/mol. The lowest BCUT2D eigenvalue weighted by atomic mass is 10.0. The SMILES string of the molecule is CC[C@@H](NC(=O)N1CC[C@@H](Cc2cnn(C)c2)C1)c1nc(C)cs1. The molecule has 3 heterocycles. The van der Waals surface area contributed by atoms with Crippen molar-refractivity contribution in [2.75, 3.05) is 13.1 Å². The van der Waals surface area contributed by atoms with Crippen LogP contribution in [0, 0.1) is 12.8 Å². The van der Waals surface area contributed by atoms with Crippen LogP contribution in [0.5, 0.6) is 0 Å². The number of aryl methyl sites for hydroxylation is 2. The van der Waals surface area contributed by atoms with E-state index in [1.54, 1.807) is 11.3 Å². The van der Waals surface area contributed by atoms with Gasteiger partial charge in [0.05, 0.1) is 12.2 Å². The second kappa shape index (κ2) is 7.34. The molecule has 1 fully saturated rings. The van der Waals surface area contributed by atoms with Gasteiger partial charge < -0.3 is 10.2 Å². The number of nitrogens with zero attached hydrogens (tertiary/aromatic N) is 4. The standard InChI is InChI=1S/C17H25N5OS/c1-4-15(16-19-12(2)11-24-16)20-17(23)22-6-5-13(10-22)7-14-8-18-21(3)9-14/h8-9,11,13,15H,4-7,10H2,1-3H3,(H,20,23)/t13-,15+/m0/s1. The molecular formula is C17H25N5OS.